The molecule has 11 heteroatoms. The minimum absolute atomic E-state index is 0.508. The van der Waals surface area contributed by atoms with Crippen LogP contribution in [0, 0.1) is 0 Å². The van der Waals surface area contributed by atoms with E-state index in [0.717, 1.165) is 19.2 Å². The largest absolute Gasteiger partial charge is 0.469 e. The molecule has 0 aliphatic carbocycles. The van der Waals surface area contributed by atoms with Crippen LogP contribution in [0.2, 0.25) is 0 Å². The number of hydrogen-bond donors (Lipinski definition) is 0. The van der Waals surface area contributed by atoms with Gasteiger partial charge in [0.25, 0.3) is 0 Å². The molecule has 1 aromatic carbocycles. The lowest BCUT2D eigenvalue weighted by atomic mass is 10.0. The highest BCUT2D eigenvalue weighted by Gasteiger charge is 2.43. The number of rotatable bonds is 6. The number of halogens is 6. The van der Waals surface area contributed by atoms with Crippen LogP contribution in [-0.2, 0) is 25.5 Å². The number of alkyl halides is 6. The number of carbonyl (C=O) groups is 1. The Morgan fingerprint density at radius 1 is 1.12 bits per heavy atom. The van der Waals surface area contributed by atoms with E-state index in [1.54, 1.807) is 0 Å². The van der Waals surface area contributed by atoms with Crippen molar-refractivity contribution in [3.05, 3.63) is 35.4 Å². The van der Waals surface area contributed by atoms with Crippen LogP contribution >= 0.6 is 0 Å². The number of sulfone groups is 1. The van der Waals surface area contributed by atoms with Gasteiger partial charge in [0.15, 0.2) is 9.84 Å². The average molecular weight is 392 g/mol. The summed E-state index contributed by atoms with van der Waals surface area (Å²) in [5, 5.41) is -2.48. The van der Waals surface area contributed by atoms with E-state index in [2.05, 4.69) is 4.74 Å². The number of hydrogen-bond acceptors (Lipinski definition) is 4. The van der Waals surface area contributed by atoms with Crippen molar-refractivity contribution in [2.24, 2.45) is 0 Å². The maximum Gasteiger partial charge on any atom is 0.416 e. The third-order valence-corrected chi connectivity index (χ3v) is 5.34. The first kappa shape index (κ1) is 21.3. The van der Waals surface area contributed by atoms with Crippen LogP contribution in [0.1, 0.15) is 29.2 Å². The van der Waals surface area contributed by atoms with Gasteiger partial charge in [-0.25, -0.2) is 8.42 Å². The first-order valence-electron chi connectivity index (χ1n) is 6.79. The molecule has 1 rings (SSSR count). The molecule has 0 saturated carbocycles. The van der Waals surface area contributed by atoms with Gasteiger partial charge in [-0.2, -0.15) is 26.3 Å². The molecule has 0 saturated heterocycles. The summed E-state index contributed by atoms with van der Waals surface area (Å²) in [6, 6.07) is 3.16. The quantitative estimate of drug-likeness (QED) is 0.548. The summed E-state index contributed by atoms with van der Waals surface area (Å²) in [4.78, 5) is 11.0. The van der Waals surface area contributed by atoms with E-state index in [-0.39, 0.29) is 0 Å². The van der Waals surface area contributed by atoms with Gasteiger partial charge in [0, 0.05) is 0 Å². The lowest BCUT2D eigenvalue weighted by Crippen LogP contribution is -2.26. The second-order valence-electron chi connectivity index (χ2n) is 5.09. The Morgan fingerprint density at radius 2 is 1.68 bits per heavy atom. The Bertz CT molecular complexity index is 709. The van der Waals surface area contributed by atoms with Gasteiger partial charge in [0.05, 0.1) is 36.5 Å². The second kappa shape index (κ2) is 7.63. The molecule has 0 N–H and O–H groups in total. The van der Waals surface area contributed by atoms with Gasteiger partial charge < -0.3 is 4.74 Å². The van der Waals surface area contributed by atoms with Crippen LogP contribution in [0.3, 0.4) is 0 Å². The number of benzene rings is 1. The number of esters is 1. The molecule has 0 aromatic heterocycles. The Labute approximate surface area is 139 Å². The van der Waals surface area contributed by atoms with Crippen LogP contribution < -0.4 is 0 Å². The lowest BCUT2D eigenvalue weighted by Gasteiger charge is -2.23. The summed E-state index contributed by atoms with van der Waals surface area (Å²) in [6.07, 6.45) is -12.8. The topological polar surface area (TPSA) is 60.4 Å². The fourth-order valence-corrected chi connectivity index (χ4v) is 3.92. The SMILES string of the molecule is COC(=O)CCS(=O)(=O)C(CC(F)(F)F)c1ccccc1C(F)(F)F. The number of carbonyl (C=O) groups excluding carboxylic acids is 1. The smallest absolute Gasteiger partial charge is 0.416 e. The van der Waals surface area contributed by atoms with Gasteiger partial charge in [0.2, 0.25) is 0 Å². The number of methoxy groups -OCH3 is 1. The molecule has 0 aliphatic heterocycles. The molecule has 0 amide bonds. The van der Waals surface area contributed by atoms with Gasteiger partial charge >= 0.3 is 18.3 Å². The minimum atomic E-state index is -5.03. The van der Waals surface area contributed by atoms with Crippen LogP contribution in [0.5, 0.6) is 0 Å². The average Bonchev–Trinajstić information content (AvgIpc) is 2.48. The molecular formula is C14H14F6O4S. The fourth-order valence-electron chi connectivity index (χ4n) is 2.15. The molecule has 0 radical (unpaired) electrons. The standard InChI is InChI=1S/C14H14F6O4S/c1-24-12(21)6-7-25(22,23)11(8-13(15,16)17)9-4-2-3-5-10(9)14(18,19)20/h2-5,11H,6-8H2,1H3. The highest BCUT2D eigenvalue weighted by molar-refractivity contribution is 7.91. The first-order chi connectivity index (χ1) is 11.3. The van der Waals surface area contributed by atoms with Crippen molar-refractivity contribution in [1.82, 2.24) is 0 Å². The molecule has 0 fully saturated rings. The van der Waals surface area contributed by atoms with Crippen molar-refractivity contribution in [2.45, 2.75) is 30.4 Å². The molecule has 0 bridgehead atoms. The molecule has 0 heterocycles. The van der Waals surface area contributed by atoms with E-state index in [1.807, 2.05) is 0 Å². The van der Waals surface area contributed by atoms with E-state index in [1.165, 1.54) is 0 Å². The van der Waals surface area contributed by atoms with E-state index in [4.69, 9.17) is 0 Å². The maximum absolute atomic E-state index is 13.0. The summed E-state index contributed by atoms with van der Waals surface area (Å²) < 4.78 is 106. The molecule has 142 valence electrons. The van der Waals surface area contributed by atoms with Crippen LogP contribution in [-0.4, -0.2) is 33.4 Å². The van der Waals surface area contributed by atoms with E-state index in [9.17, 15) is 39.6 Å². The van der Waals surface area contributed by atoms with Gasteiger partial charge in [-0.05, 0) is 11.6 Å². The van der Waals surface area contributed by atoms with Gasteiger partial charge in [-0.1, -0.05) is 18.2 Å². The van der Waals surface area contributed by atoms with Crippen LogP contribution in [0.25, 0.3) is 0 Å². The van der Waals surface area contributed by atoms with E-state index < -0.39 is 63.1 Å². The van der Waals surface area contributed by atoms with Crippen LogP contribution in [0.15, 0.2) is 24.3 Å². The summed E-state index contributed by atoms with van der Waals surface area (Å²) in [5.74, 6) is -2.06. The van der Waals surface area contributed by atoms with Crippen molar-refractivity contribution >= 4 is 15.8 Å². The van der Waals surface area contributed by atoms with Crippen molar-refractivity contribution in [1.29, 1.82) is 0 Å². The first-order valence-corrected chi connectivity index (χ1v) is 8.50. The van der Waals surface area contributed by atoms with E-state index >= 15 is 0 Å². The van der Waals surface area contributed by atoms with Crippen molar-refractivity contribution < 1.29 is 44.3 Å². The summed E-state index contributed by atoms with van der Waals surface area (Å²) >= 11 is 0. The second-order valence-corrected chi connectivity index (χ2v) is 7.39. The highest BCUT2D eigenvalue weighted by atomic mass is 32.2. The maximum atomic E-state index is 13.0. The zero-order chi connectivity index (χ0) is 19.5. The Balaban J connectivity index is 3.39. The number of ether oxygens (including phenoxy) is 1. The monoisotopic (exact) mass is 392 g/mol. The molecule has 4 nitrogen and oxygen atoms in total. The Hall–Kier alpha value is -1.78. The van der Waals surface area contributed by atoms with Crippen molar-refractivity contribution in [2.75, 3.05) is 12.9 Å². The van der Waals surface area contributed by atoms with E-state index in [0.29, 0.717) is 12.1 Å². The molecule has 1 atom stereocenters. The Kier molecular flexibility index (Phi) is 6.49. The molecule has 0 aliphatic rings. The third kappa shape index (κ3) is 6.22. The fraction of sp³-hybridized carbons (Fsp3) is 0.500. The predicted molar refractivity (Wildman–Crippen MR) is 75.3 cm³/mol. The molecular weight excluding hydrogens is 378 g/mol. The lowest BCUT2D eigenvalue weighted by molar-refractivity contribution is -0.142. The molecule has 1 unspecified atom stereocenters. The normalized spacial score (nSPS) is 14.2. The van der Waals surface area contributed by atoms with Crippen molar-refractivity contribution in [3.63, 3.8) is 0 Å². The summed E-state index contributed by atoms with van der Waals surface area (Å²) in [6.45, 7) is 0. The zero-order valence-corrected chi connectivity index (χ0v) is 13.6. The van der Waals surface area contributed by atoms with Gasteiger partial charge in [-0.15, -0.1) is 0 Å². The van der Waals surface area contributed by atoms with Gasteiger partial charge in [-0.3, -0.25) is 4.79 Å². The third-order valence-electron chi connectivity index (χ3n) is 3.28. The molecule has 25 heavy (non-hydrogen) atoms. The molecule has 1 aromatic rings. The van der Waals surface area contributed by atoms with Gasteiger partial charge in [0.1, 0.15) is 0 Å². The highest BCUT2D eigenvalue weighted by Crippen LogP contribution is 2.41. The minimum Gasteiger partial charge on any atom is -0.469 e. The predicted octanol–water partition coefficient (Wildman–Crippen LogP) is 3.68. The summed E-state index contributed by atoms with van der Waals surface area (Å²) in [7, 11) is -3.77. The Morgan fingerprint density at radius 3 is 2.16 bits per heavy atom. The summed E-state index contributed by atoms with van der Waals surface area (Å²) in [5.41, 5.74) is -2.47. The van der Waals surface area contributed by atoms with Crippen LogP contribution in [0.4, 0.5) is 26.3 Å². The zero-order valence-electron chi connectivity index (χ0n) is 12.8. The molecule has 0 spiro atoms. The van der Waals surface area contributed by atoms with Crippen molar-refractivity contribution in [3.8, 4) is 0 Å².